The van der Waals surface area contributed by atoms with Gasteiger partial charge in [0.1, 0.15) is 5.75 Å². The number of carbonyl (C=O) groups excluding carboxylic acids is 2. The molecule has 3 N–H and O–H groups in total. The van der Waals surface area contributed by atoms with Crippen LogP contribution in [0.5, 0.6) is 5.75 Å². The van der Waals surface area contributed by atoms with Gasteiger partial charge in [0.05, 0.1) is 23.6 Å². The van der Waals surface area contributed by atoms with Crippen LogP contribution in [0.1, 0.15) is 27.6 Å². The van der Waals surface area contributed by atoms with Gasteiger partial charge in [0, 0.05) is 32.5 Å². The molecule has 0 aliphatic carbocycles. The summed E-state index contributed by atoms with van der Waals surface area (Å²) in [6, 6.07) is 24.7. The minimum Gasteiger partial charge on any atom is -0.497 e. The molecule has 0 aliphatic heterocycles. The van der Waals surface area contributed by atoms with Crippen LogP contribution in [0.2, 0.25) is 0 Å². The number of hydrogen-bond acceptors (Lipinski definition) is 7. The van der Waals surface area contributed by atoms with E-state index in [1.165, 1.54) is 29.2 Å². The Morgan fingerprint density at radius 1 is 0.902 bits per heavy atom. The summed E-state index contributed by atoms with van der Waals surface area (Å²) in [4.78, 5) is 43.0. The highest BCUT2D eigenvalue weighted by Gasteiger charge is 2.18. The van der Waals surface area contributed by atoms with Crippen LogP contribution in [0.4, 0.5) is 10.8 Å². The number of fused-ring (bicyclic) bond motifs is 1. The molecule has 1 aromatic heterocycles. The van der Waals surface area contributed by atoms with E-state index in [0.29, 0.717) is 21.6 Å². The van der Waals surface area contributed by atoms with E-state index in [0.717, 1.165) is 21.9 Å². The summed E-state index contributed by atoms with van der Waals surface area (Å²) in [6.07, 6.45) is 0. The molecule has 8 nitrogen and oxygen atoms in total. The van der Waals surface area contributed by atoms with E-state index in [1.807, 2.05) is 48.7 Å². The SMILES string of the molecule is COc1ccc(-c2csc(NC(=O)C(C)Sc3ccc(NC(=O)c4cccc5cccc(C(=O)O)c45)cc3)n2)cc1. The number of aromatic nitrogens is 1. The van der Waals surface area contributed by atoms with Gasteiger partial charge in [-0.15, -0.1) is 23.1 Å². The third-order valence-corrected chi connectivity index (χ3v) is 8.16. The summed E-state index contributed by atoms with van der Waals surface area (Å²) in [5.41, 5.74) is 2.60. The van der Waals surface area contributed by atoms with Crippen molar-refractivity contribution >= 4 is 62.5 Å². The summed E-state index contributed by atoms with van der Waals surface area (Å²) in [6.45, 7) is 1.81. The van der Waals surface area contributed by atoms with E-state index >= 15 is 0 Å². The maximum absolute atomic E-state index is 13.1. The highest BCUT2D eigenvalue weighted by atomic mass is 32.2. The Balaban J connectivity index is 1.20. The molecule has 41 heavy (non-hydrogen) atoms. The largest absolute Gasteiger partial charge is 0.497 e. The third kappa shape index (κ3) is 6.40. The summed E-state index contributed by atoms with van der Waals surface area (Å²) >= 11 is 2.74. The standard InChI is InChI=1S/C31H25N3O5S2/c1-18(28(35)34-31-33-26(17-40-31)19-9-13-22(39-2)14-10-19)41-23-15-11-21(12-16-23)32-29(36)24-7-3-5-20-6-4-8-25(27(20)24)30(37)38/h3-18H,1-2H3,(H,32,36)(H,37,38)(H,33,34,35). The lowest BCUT2D eigenvalue weighted by Crippen LogP contribution is -2.22. The van der Waals surface area contributed by atoms with Crippen molar-refractivity contribution in [3.63, 3.8) is 0 Å². The van der Waals surface area contributed by atoms with Crippen molar-refractivity contribution in [1.29, 1.82) is 0 Å². The van der Waals surface area contributed by atoms with Crippen molar-refractivity contribution in [1.82, 2.24) is 4.98 Å². The smallest absolute Gasteiger partial charge is 0.336 e. The average Bonchev–Trinajstić information content (AvgIpc) is 3.45. The van der Waals surface area contributed by atoms with E-state index in [2.05, 4.69) is 15.6 Å². The third-order valence-electron chi connectivity index (χ3n) is 6.29. The molecule has 0 bridgehead atoms. The fraction of sp³-hybridized carbons (Fsp3) is 0.0968. The van der Waals surface area contributed by atoms with Gasteiger partial charge < -0.3 is 20.5 Å². The maximum atomic E-state index is 13.1. The predicted molar refractivity (Wildman–Crippen MR) is 163 cm³/mol. The minimum atomic E-state index is -1.09. The number of anilines is 2. The van der Waals surface area contributed by atoms with Gasteiger partial charge in [0.25, 0.3) is 5.91 Å². The summed E-state index contributed by atoms with van der Waals surface area (Å²) in [7, 11) is 1.62. The van der Waals surface area contributed by atoms with Gasteiger partial charge in [-0.25, -0.2) is 9.78 Å². The van der Waals surface area contributed by atoms with Gasteiger partial charge in [-0.2, -0.15) is 0 Å². The second-order valence-corrected chi connectivity index (χ2v) is 11.3. The van der Waals surface area contributed by atoms with E-state index in [-0.39, 0.29) is 17.0 Å². The van der Waals surface area contributed by atoms with E-state index in [1.54, 1.807) is 49.6 Å². The molecule has 5 aromatic rings. The Kier molecular flexibility index (Phi) is 8.32. The monoisotopic (exact) mass is 583 g/mol. The molecule has 1 unspecified atom stereocenters. The van der Waals surface area contributed by atoms with Crippen LogP contribution >= 0.6 is 23.1 Å². The van der Waals surface area contributed by atoms with Gasteiger partial charge in [-0.1, -0.05) is 24.3 Å². The van der Waals surface area contributed by atoms with Gasteiger partial charge in [0.2, 0.25) is 5.91 Å². The van der Waals surface area contributed by atoms with Gasteiger partial charge in [0.15, 0.2) is 5.13 Å². The molecule has 0 saturated carbocycles. The number of hydrogen-bond donors (Lipinski definition) is 3. The van der Waals surface area contributed by atoms with E-state index in [4.69, 9.17) is 4.74 Å². The van der Waals surface area contributed by atoms with Crippen molar-refractivity contribution in [3.8, 4) is 17.0 Å². The van der Waals surface area contributed by atoms with Crippen LogP contribution in [-0.2, 0) is 4.79 Å². The Morgan fingerprint density at radius 2 is 1.59 bits per heavy atom. The second kappa shape index (κ2) is 12.2. The predicted octanol–water partition coefficient (Wildman–Crippen LogP) is 7.04. The van der Waals surface area contributed by atoms with Gasteiger partial charge >= 0.3 is 5.97 Å². The fourth-order valence-electron chi connectivity index (χ4n) is 4.21. The fourth-order valence-corrected chi connectivity index (χ4v) is 5.80. The molecule has 206 valence electrons. The first kappa shape index (κ1) is 27.9. The first-order valence-corrected chi connectivity index (χ1v) is 14.3. The number of nitrogens with one attached hydrogen (secondary N) is 2. The lowest BCUT2D eigenvalue weighted by atomic mass is 9.98. The summed E-state index contributed by atoms with van der Waals surface area (Å²) < 4.78 is 5.19. The zero-order chi connectivity index (χ0) is 28.9. The number of methoxy groups -OCH3 is 1. The van der Waals surface area contributed by atoms with Crippen LogP contribution in [0, 0.1) is 0 Å². The Bertz CT molecular complexity index is 1730. The topological polar surface area (TPSA) is 118 Å². The van der Waals surface area contributed by atoms with Crippen molar-refractivity contribution in [2.24, 2.45) is 0 Å². The molecule has 10 heteroatoms. The number of carbonyl (C=O) groups is 3. The molecule has 0 saturated heterocycles. The first-order chi connectivity index (χ1) is 19.8. The normalized spacial score (nSPS) is 11.6. The molecular formula is C31H25N3O5S2. The van der Waals surface area contributed by atoms with Crippen molar-refractivity contribution in [2.75, 3.05) is 17.7 Å². The Morgan fingerprint density at radius 3 is 2.24 bits per heavy atom. The quantitative estimate of drug-likeness (QED) is 0.159. The van der Waals surface area contributed by atoms with E-state index in [9.17, 15) is 19.5 Å². The molecule has 1 atom stereocenters. The second-order valence-electron chi connectivity index (χ2n) is 9.01. The van der Waals surface area contributed by atoms with Crippen molar-refractivity contribution in [3.05, 3.63) is 101 Å². The number of carboxylic acid groups (broad SMARTS) is 1. The van der Waals surface area contributed by atoms with Crippen molar-refractivity contribution in [2.45, 2.75) is 17.1 Å². The lowest BCUT2D eigenvalue weighted by molar-refractivity contribution is -0.115. The van der Waals surface area contributed by atoms with Gasteiger partial charge in [-0.3, -0.25) is 9.59 Å². The summed E-state index contributed by atoms with van der Waals surface area (Å²) in [5.74, 6) is -0.913. The number of aromatic carboxylic acids is 1. The average molecular weight is 584 g/mol. The lowest BCUT2D eigenvalue weighted by Gasteiger charge is -2.12. The zero-order valence-corrected chi connectivity index (χ0v) is 23.7. The molecular weight excluding hydrogens is 558 g/mol. The highest BCUT2D eigenvalue weighted by molar-refractivity contribution is 8.00. The minimum absolute atomic E-state index is 0.0713. The number of thioether (sulfide) groups is 1. The molecule has 0 spiro atoms. The number of nitrogens with zero attached hydrogens (tertiary/aromatic N) is 1. The van der Waals surface area contributed by atoms with Crippen molar-refractivity contribution < 1.29 is 24.2 Å². The zero-order valence-electron chi connectivity index (χ0n) is 22.1. The molecule has 4 aromatic carbocycles. The number of benzene rings is 4. The number of amides is 2. The number of rotatable bonds is 9. The molecule has 0 fully saturated rings. The number of thiazole rings is 1. The van der Waals surface area contributed by atoms with Crippen LogP contribution in [0.25, 0.3) is 22.0 Å². The molecule has 0 aliphatic rings. The van der Waals surface area contributed by atoms with Crippen LogP contribution in [-0.4, -0.2) is 40.2 Å². The van der Waals surface area contributed by atoms with Crippen LogP contribution in [0.3, 0.4) is 0 Å². The molecule has 2 amide bonds. The van der Waals surface area contributed by atoms with E-state index < -0.39 is 17.1 Å². The van der Waals surface area contributed by atoms with Gasteiger partial charge in [-0.05, 0) is 73.0 Å². The molecule has 5 rings (SSSR count). The maximum Gasteiger partial charge on any atom is 0.336 e. The number of ether oxygens (including phenoxy) is 1. The van der Waals surface area contributed by atoms with Crippen LogP contribution in [0.15, 0.2) is 95.2 Å². The molecule has 0 radical (unpaired) electrons. The summed E-state index contributed by atoms with van der Waals surface area (Å²) in [5, 5.41) is 18.4. The highest BCUT2D eigenvalue weighted by Crippen LogP contribution is 2.30. The Labute approximate surface area is 244 Å². The Hall–Kier alpha value is -4.67. The first-order valence-electron chi connectivity index (χ1n) is 12.6. The number of carboxylic acids is 1. The van der Waals surface area contributed by atoms with Crippen LogP contribution < -0.4 is 15.4 Å². The molecule has 1 heterocycles.